The molecule has 0 aliphatic heterocycles. The summed E-state index contributed by atoms with van der Waals surface area (Å²) in [5.41, 5.74) is 2.80. The number of halogens is 1. The number of aromatic nitrogens is 2. The van der Waals surface area contributed by atoms with Crippen molar-refractivity contribution < 1.29 is 9.50 Å². The fraction of sp³-hybridized carbons (Fsp3) is 0.0526. The minimum atomic E-state index is -0.407. The van der Waals surface area contributed by atoms with Crippen LogP contribution in [-0.4, -0.2) is 15.1 Å². The van der Waals surface area contributed by atoms with Crippen molar-refractivity contribution in [2.24, 2.45) is 0 Å². The molecule has 1 N–H and O–H groups in total. The molecule has 2 aromatic heterocycles. The fourth-order valence-corrected chi connectivity index (χ4v) is 2.67. The molecule has 0 unspecified atom stereocenters. The average molecular weight is 330 g/mol. The first-order valence-corrected chi connectivity index (χ1v) is 7.31. The predicted molar refractivity (Wildman–Crippen MR) is 88.7 cm³/mol. The molecular weight excluding hydrogens is 319 g/mol. The van der Waals surface area contributed by atoms with Crippen LogP contribution in [0.25, 0.3) is 22.4 Å². The van der Waals surface area contributed by atoms with Gasteiger partial charge >= 0.3 is 0 Å². The number of rotatable bonds is 2. The van der Waals surface area contributed by atoms with Crippen molar-refractivity contribution in [2.75, 3.05) is 0 Å². The summed E-state index contributed by atoms with van der Waals surface area (Å²) in [5, 5.41) is 28.8. The van der Waals surface area contributed by atoms with E-state index in [1.165, 1.54) is 36.7 Å². The highest BCUT2D eigenvalue weighted by Crippen LogP contribution is 2.38. The summed E-state index contributed by atoms with van der Waals surface area (Å²) in [7, 11) is 0. The van der Waals surface area contributed by atoms with Gasteiger partial charge in [0.2, 0.25) is 5.88 Å². The molecular formula is C19H11FN4O. The summed E-state index contributed by atoms with van der Waals surface area (Å²) in [6, 6.07) is 11.3. The molecule has 6 heteroatoms. The van der Waals surface area contributed by atoms with Gasteiger partial charge in [0.25, 0.3) is 0 Å². The molecule has 0 bridgehead atoms. The zero-order valence-corrected chi connectivity index (χ0v) is 13.2. The second-order valence-corrected chi connectivity index (χ2v) is 5.31. The Morgan fingerprint density at radius 3 is 2.44 bits per heavy atom. The Morgan fingerprint density at radius 1 is 1.08 bits per heavy atom. The highest BCUT2D eigenvalue weighted by molar-refractivity contribution is 5.87. The Kier molecular flexibility index (Phi) is 4.11. The van der Waals surface area contributed by atoms with Gasteiger partial charge < -0.3 is 5.11 Å². The third kappa shape index (κ3) is 2.77. The molecule has 0 saturated heterocycles. The minimum Gasteiger partial charge on any atom is -0.492 e. The maximum Gasteiger partial charge on any atom is 0.230 e. The number of nitriles is 2. The number of hydrogen-bond donors (Lipinski definition) is 1. The van der Waals surface area contributed by atoms with Crippen LogP contribution in [0.1, 0.15) is 16.7 Å². The van der Waals surface area contributed by atoms with Gasteiger partial charge in [-0.1, -0.05) is 0 Å². The van der Waals surface area contributed by atoms with Crippen molar-refractivity contribution in [1.82, 2.24) is 9.97 Å². The Hall–Kier alpha value is -3.77. The van der Waals surface area contributed by atoms with E-state index in [0.29, 0.717) is 33.5 Å². The van der Waals surface area contributed by atoms with Gasteiger partial charge in [-0.2, -0.15) is 10.5 Å². The molecule has 0 aliphatic rings. The van der Waals surface area contributed by atoms with Gasteiger partial charge in [0, 0.05) is 29.1 Å². The second-order valence-electron chi connectivity index (χ2n) is 5.31. The number of aromatic hydroxyl groups is 1. The molecule has 25 heavy (non-hydrogen) atoms. The van der Waals surface area contributed by atoms with Gasteiger partial charge in [-0.3, -0.25) is 4.98 Å². The van der Waals surface area contributed by atoms with Gasteiger partial charge in [-0.25, -0.2) is 9.37 Å². The van der Waals surface area contributed by atoms with E-state index in [4.69, 9.17) is 0 Å². The van der Waals surface area contributed by atoms with E-state index >= 15 is 0 Å². The Balaban J connectivity index is 2.42. The van der Waals surface area contributed by atoms with Crippen LogP contribution in [0.3, 0.4) is 0 Å². The van der Waals surface area contributed by atoms with Gasteiger partial charge in [-0.05, 0) is 42.8 Å². The molecule has 0 spiro atoms. The number of hydrogen-bond acceptors (Lipinski definition) is 5. The Labute approximate surface area is 143 Å². The summed E-state index contributed by atoms with van der Waals surface area (Å²) in [5.74, 6) is -0.808. The van der Waals surface area contributed by atoms with Crippen LogP contribution in [0.15, 0.2) is 42.7 Å². The van der Waals surface area contributed by atoms with Crippen LogP contribution in [0.2, 0.25) is 0 Å². The lowest BCUT2D eigenvalue weighted by Crippen LogP contribution is -1.99. The normalized spacial score (nSPS) is 10.1. The molecule has 0 saturated carbocycles. The third-order valence-corrected chi connectivity index (χ3v) is 3.87. The smallest absolute Gasteiger partial charge is 0.230 e. The summed E-state index contributed by atoms with van der Waals surface area (Å²) in [6.45, 7) is 1.67. The summed E-state index contributed by atoms with van der Waals surface area (Å²) < 4.78 is 13.3. The minimum absolute atomic E-state index is 0.0292. The Morgan fingerprint density at radius 2 is 1.80 bits per heavy atom. The lowest BCUT2D eigenvalue weighted by Gasteiger charge is -2.15. The van der Waals surface area contributed by atoms with Crippen LogP contribution in [0, 0.1) is 35.4 Å². The SMILES string of the molecule is Cc1c(C#N)c(O)nc(-c2ccc(F)cc2)c1-c1ccncc1C#N. The summed E-state index contributed by atoms with van der Waals surface area (Å²) >= 11 is 0. The van der Waals surface area contributed by atoms with Gasteiger partial charge in [-0.15, -0.1) is 0 Å². The van der Waals surface area contributed by atoms with E-state index in [9.17, 15) is 20.0 Å². The fourth-order valence-electron chi connectivity index (χ4n) is 2.67. The van der Waals surface area contributed by atoms with Crippen molar-refractivity contribution in [3.63, 3.8) is 0 Å². The molecule has 0 amide bonds. The molecule has 0 radical (unpaired) electrons. The van der Waals surface area contributed by atoms with Crippen LogP contribution >= 0.6 is 0 Å². The zero-order chi connectivity index (χ0) is 18.0. The van der Waals surface area contributed by atoms with Crippen LogP contribution in [0.5, 0.6) is 5.88 Å². The Bertz CT molecular complexity index is 1050. The van der Waals surface area contributed by atoms with Crippen LogP contribution in [0.4, 0.5) is 4.39 Å². The summed E-state index contributed by atoms with van der Waals surface area (Å²) in [6.07, 6.45) is 2.95. The lowest BCUT2D eigenvalue weighted by molar-refractivity contribution is 0.452. The maximum atomic E-state index is 13.3. The maximum absolute atomic E-state index is 13.3. The second kappa shape index (κ2) is 6.38. The quantitative estimate of drug-likeness (QED) is 0.773. The lowest BCUT2D eigenvalue weighted by atomic mass is 9.91. The van der Waals surface area contributed by atoms with Crippen molar-refractivity contribution in [3.05, 3.63) is 65.2 Å². The molecule has 0 fully saturated rings. The van der Waals surface area contributed by atoms with Gasteiger partial charge in [0.05, 0.1) is 11.3 Å². The first-order valence-electron chi connectivity index (χ1n) is 7.31. The van der Waals surface area contributed by atoms with Crippen LogP contribution in [-0.2, 0) is 0 Å². The summed E-state index contributed by atoms with van der Waals surface area (Å²) in [4.78, 5) is 8.08. The van der Waals surface area contributed by atoms with Crippen molar-refractivity contribution >= 4 is 0 Å². The van der Waals surface area contributed by atoms with E-state index in [-0.39, 0.29) is 5.56 Å². The average Bonchev–Trinajstić information content (AvgIpc) is 2.62. The monoisotopic (exact) mass is 330 g/mol. The van der Waals surface area contributed by atoms with Gasteiger partial charge in [0.15, 0.2) is 0 Å². The highest BCUT2D eigenvalue weighted by atomic mass is 19.1. The van der Waals surface area contributed by atoms with E-state index in [1.807, 2.05) is 6.07 Å². The van der Waals surface area contributed by atoms with Gasteiger partial charge in [0.1, 0.15) is 23.5 Å². The van der Waals surface area contributed by atoms with E-state index in [0.717, 1.165) is 0 Å². The van der Waals surface area contributed by atoms with E-state index < -0.39 is 11.7 Å². The third-order valence-electron chi connectivity index (χ3n) is 3.87. The van der Waals surface area contributed by atoms with Crippen molar-refractivity contribution in [2.45, 2.75) is 6.92 Å². The number of pyridine rings is 2. The molecule has 0 aliphatic carbocycles. The molecule has 1 aromatic carbocycles. The number of nitrogens with zero attached hydrogens (tertiary/aromatic N) is 4. The van der Waals surface area contributed by atoms with E-state index in [1.54, 1.807) is 13.0 Å². The van der Waals surface area contributed by atoms with E-state index in [2.05, 4.69) is 16.0 Å². The largest absolute Gasteiger partial charge is 0.492 e. The highest BCUT2D eigenvalue weighted by Gasteiger charge is 2.21. The molecule has 120 valence electrons. The predicted octanol–water partition coefficient (Wildman–Crippen LogP) is 3.71. The molecule has 3 rings (SSSR count). The first-order chi connectivity index (χ1) is 12.1. The molecule has 0 atom stereocenters. The van der Waals surface area contributed by atoms with Crippen molar-refractivity contribution in [1.29, 1.82) is 10.5 Å². The molecule has 2 heterocycles. The van der Waals surface area contributed by atoms with Crippen LogP contribution < -0.4 is 0 Å². The standard InChI is InChI=1S/C19H11FN4O/c1-11-16(9-22)19(25)24-18(12-2-4-14(20)5-3-12)17(11)15-6-7-23-10-13(15)8-21/h2-7,10H,1H3,(H,24,25). The topological polar surface area (TPSA) is 93.6 Å². The zero-order valence-electron chi connectivity index (χ0n) is 13.2. The number of benzene rings is 1. The first kappa shape index (κ1) is 16.1. The molecule has 5 nitrogen and oxygen atoms in total. The van der Waals surface area contributed by atoms with Crippen molar-refractivity contribution in [3.8, 4) is 40.4 Å². The molecule has 3 aromatic rings.